The molecule has 1 aliphatic heterocycles. The number of nitrogens with one attached hydrogen (secondary N) is 1. The molecule has 3 atom stereocenters. The van der Waals surface area contributed by atoms with Gasteiger partial charge in [-0.2, -0.15) is 0 Å². The first-order valence-electron chi connectivity index (χ1n) is 9.97. The van der Waals surface area contributed by atoms with E-state index in [0.29, 0.717) is 18.1 Å². The molecule has 1 N–H and O–H groups in total. The molecule has 26 heavy (non-hydrogen) atoms. The van der Waals surface area contributed by atoms with Crippen LogP contribution in [0, 0.1) is 0 Å². The molecule has 1 heterocycles. The minimum Gasteiger partial charge on any atom is -0.377 e. The molecule has 0 spiro atoms. The highest BCUT2D eigenvalue weighted by Crippen LogP contribution is 2.25. The molecule has 1 aromatic rings. The van der Waals surface area contributed by atoms with Crippen molar-refractivity contribution in [2.75, 3.05) is 26.7 Å². The average Bonchev–Trinajstić information content (AvgIpc) is 2.63. The second-order valence-electron chi connectivity index (χ2n) is 7.56. The number of nitrogens with zero attached hydrogens (tertiary/aromatic N) is 2. The fourth-order valence-corrected chi connectivity index (χ4v) is 3.97. The second kappa shape index (κ2) is 9.89. The summed E-state index contributed by atoms with van der Waals surface area (Å²) in [5, 5.41) is 3.64. The maximum Gasteiger partial charge on any atom is 0.150 e. The van der Waals surface area contributed by atoms with Crippen molar-refractivity contribution in [1.29, 1.82) is 0 Å². The summed E-state index contributed by atoms with van der Waals surface area (Å²) in [6.45, 7) is 12.0. The van der Waals surface area contributed by atoms with Crippen LogP contribution in [0.25, 0.3) is 6.08 Å². The van der Waals surface area contributed by atoms with Gasteiger partial charge in [0.05, 0.1) is 0 Å². The smallest absolute Gasteiger partial charge is 0.150 e. The summed E-state index contributed by atoms with van der Waals surface area (Å²) in [5.74, 6) is 0. The van der Waals surface area contributed by atoms with Gasteiger partial charge in [-0.25, -0.2) is 0 Å². The third-order valence-corrected chi connectivity index (χ3v) is 5.27. The molecule has 0 aromatic heterocycles. The Morgan fingerprint density at radius 1 is 1.23 bits per heavy atom. The minimum atomic E-state index is 0.372. The Morgan fingerprint density at radius 3 is 2.38 bits per heavy atom. The van der Waals surface area contributed by atoms with Crippen molar-refractivity contribution in [1.82, 2.24) is 15.1 Å². The highest BCUT2D eigenvalue weighted by molar-refractivity contribution is 5.82. The van der Waals surface area contributed by atoms with Crippen LogP contribution in [0.15, 0.2) is 30.0 Å². The third kappa shape index (κ3) is 5.18. The fourth-order valence-electron chi connectivity index (χ4n) is 3.97. The van der Waals surface area contributed by atoms with Crippen molar-refractivity contribution < 1.29 is 4.79 Å². The second-order valence-corrected chi connectivity index (χ2v) is 7.56. The Labute approximate surface area is 159 Å². The number of benzene rings is 1. The minimum absolute atomic E-state index is 0.372. The van der Waals surface area contributed by atoms with Gasteiger partial charge in [0.2, 0.25) is 0 Å². The number of carbonyl (C=O) groups excluding carboxylic acids is 1. The molecule has 0 radical (unpaired) electrons. The summed E-state index contributed by atoms with van der Waals surface area (Å²) < 4.78 is 0. The van der Waals surface area contributed by atoms with Gasteiger partial charge in [-0.05, 0) is 38.8 Å². The van der Waals surface area contributed by atoms with Crippen molar-refractivity contribution in [2.24, 2.45) is 0 Å². The summed E-state index contributed by atoms with van der Waals surface area (Å²) >= 11 is 0. The first kappa shape index (κ1) is 20.7. The van der Waals surface area contributed by atoms with E-state index in [1.165, 1.54) is 5.70 Å². The molecule has 0 aliphatic carbocycles. The Balaban J connectivity index is 2.43. The molecule has 0 bridgehead atoms. The highest BCUT2D eigenvalue weighted by Gasteiger charge is 2.30. The number of likely N-dealkylation sites (N-methyl/N-ethyl adjacent to an activating group) is 1. The predicted octanol–water partition coefficient (Wildman–Crippen LogP) is 3.64. The lowest BCUT2D eigenvalue weighted by molar-refractivity contribution is 0.112. The molecule has 0 saturated carbocycles. The summed E-state index contributed by atoms with van der Waals surface area (Å²) in [6.07, 6.45) is 5.45. The molecule has 4 nitrogen and oxygen atoms in total. The fraction of sp³-hybridized carbons (Fsp3) is 0.591. The summed E-state index contributed by atoms with van der Waals surface area (Å²) in [7, 11) is 2.16. The van der Waals surface area contributed by atoms with Crippen LogP contribution >= 0.6 is 0 Å². The standard InChI is InChI=1S/C22H35N3O/c1-6-10-21(25-14-17(3)23-18(4)15-25)22(24(5)7-2)13-19-11-8-9-12-20(19)16-26/h8-9,11-13,16-18,21,23H,6-7,10,14-15H2,1-5H3/b22-13-. The number of rotatable bonds is 8. The first-order chi connectivity index (χ1) is 12.5. The lowest BCUT2D eigenvalue weighted by Crippen LogP contribution is -2.58. The largest absolute Gasteiger partial charge is 0.377 e. The van der Waals surface area contributed by atoms with Gasteiger partial charge in [0.15, 0.2) is 6.29 Å². The highest BCUT2D eigenvalue weighted by atomic mass is 16.1. The van der Waals surface area contributed by atoms with Gasteiger partial charge in [-0.1, -0.05) is 37.6 Å². The van der Waals surface area contributed by atoms with E-state index in [-0.39, 0.29) is 0 Å². The van der Waals surface area contributed by atoms with Gasteiger partial charge in [-0.3, -0.25) is 9.69 Å². The quantitative estimate of drug-likeness (QED) is 0.721. The Hall–Kier alpha value is -1.65. The van der Waals surface area contributed by atoms with Gasteiger partial charge >= 0.3 is 0 Å². The van der Waals surface area contributed by atoms with Crippen LogP contribution in [0.3, 0.4) is 0 Å². The maximum absolute atomic E-state index is 11.5. The van der Waals surface area contributed by atoms with Crippen molar-refractivity contribution >= 4 is 12.4 Å². The molecule has 1 aliphatic rings. The zero-order valence-corrected chi connectivity index (χ0v) is 17.0. The van der Waals surface area contributed by atoms with E-state index >= 15 is 0 Å². The van der Waals surface area contributed by atoms with Gasteiger partial charge in [-0.15, -0.1) is 0 Å². The average molecular weight is 358 g/mol. The van der Waals surface area contributed by atoms with Crippen molar-refractivity contribution in [3.63, 3.8) is 0 Å². The molecule has 2 rings (SSSR count). The summed E-state index contributed by atoms with van der Waals surface area (Å²) in [5.41, 5.74) is 3.08. The topological polar surface area (TPSA) is 35.6 Å². The molecule has 144 valence electrons. The van der Waals surface area contributed by atoms with Crippen LogP contribution in [0.5, 0.6) is 0 Å². The monoisotopic (exact) mass is 357 g/mol. The van der Waals surface area contributed by atoms with Gasteiger partial charge in [0.1, 0.15) is 0 Å². The molecule has 1 fully saturated rings. The Morgan fingerprint density at radius 2 is 1.85 bits per heavy atom. The van der Waals surface area contributed by atoms with Gasteiger partial charge in [0.25, 0.3) is 0 Å². The third-order valence-electron chi connectivity index (χ3n) is 5.27. The van der Waals surface area contributed by atoms with Crippen LogP contribution in [-0.2, 0) is 0 Å². The van der Waals surface area contributed by atoms with Gasteiger partial charge in [0, 0.05) is 56.1 Å². The van der Waals surface area contributed by atoms with E-state index in [0.717, 1.165) is 49.9 Å². The Kier molecular flexibility index (Phi) is 7.85. The lowest BCUT2D eigenvalue weighted by atomic mass is 9.98. The van der Waals surface area contributed by atoms with E-state index < -0.39 is 0 Å². The number of hydrogen-bond acceptors (Lipinski definition) is 4. The number of hydrogen-bond donors (Lipinski definition) is 1. The maximum atomic E-state index is 11.5. The molecular weight excluding hydrogens is 322 g/mol. The Bertz CT molecular complexity index is 603. The first-order valence-corrected chi connectivity index (χ1v) is 9.97. The van der Waals surface area contributed by atoms with E-state index in [2.05, 4.69) is 55.9 Å². The molecule has 1 aromatic carbocycles. The number of carbonyl (C=O) groups is 1. The molecule has 4 heteroatoms. The lowest BCUT2D eigenvalue weighted by Gasteiger charge is -2.43. The van der Waals surface area contributed by atoms with E-state index in [1.54, 1.807) is 0 Å². The predicted molar refractivity (Wildman–Crippen MR) is 110 cm³/mol. The zero-order chi connectivity index (χ0) is 19.1. The molecular formula is C22H35N3O. The van der Waals surface area contributed by atoms with Crippen molar-refractivity contribution in [3.05, 3.63) is 41.1 Å². The van der Waals surface area contributed by atoms with E-state index in [9.17, 15) is 4.79 Å². The van der Waals surface area contributed by atoms with Gasteiger partial charge < -0.3 is 10.2 Å². The van der Waals surface area contributed by atoms with Crippen LogP contribution in [-0.4, -0.2) is 60.9 Å². The normalized spacial score (nSPS) is 22.9. The van der Waals surface area contributed by atoms with E-state index in [1.807, 2.05) is 24.3 Å². The van der Waals surface area contributed by atoms with E-state index in [4.69, 9.17) is 0 Å². The summed E-state index contributed by atoms with van der Waals surface area (Å²) in [4.78, 5) is 16.4. The van der Waals surface area contributed by atoms with Crippen LogP contribution in [0.2, 0.25) is 0 Å². The van der Waals surface area contributed by atoms with Crippen molar-refractivity contribution in [2.45, 2.75) is 58.7 Å². The molecule has 3 unspecified atom stereocenters. The van der Waals surface area contributed by atoms with Crippen LogP contribution < -0.4 is 5.32 Å². The van der Waals surface area contributed by atoms with Crippen LogP contribution in [0.4, 0.5) is 0 Å². The SMILES string of the molecule is CCCC(/C(=C/c1ccccc1C=O)N(C)CC)N1CC(C)NC(C)C1. The zero-order valence-electron chi connectivity index (χ0n) is 17.0. The molecule has 0 amide bonds. The molecule has 1 saturated heterocycles. The van der Waals surface area contributed by atoms with Crippen LogP contribution in [0.1, 0.15) is 56.5 Å². The number of piperazine rings is 1. The number of aldehydes is 1. The summed E-state index contributed by atoms with van der Waals surface area (Å²) in [6, 6.07) is 9.23. The van der Waals surface area contributed by atoms with Crippen molar-refractivity contribution in [3.8, 4) is 0 Å².